The van der Waals surface area contributed by atoms with Gasteiger partial charge in [0.1, 0.15) is 17.1 Å². The number of aromatic hydroxyl groups is 1. The van der Waals surface area contributed by atoms with Crippen molar-refractivity contribution in [3.63, 3.8) is 0 Å². The molecule has 0 radical (unpaired) electrons. The molecule has 42 heavy (non-hydrogen) atoms. The zero-order valence-electron chi connectivity index (χ0n) is 26.9. The molecule has 8 nitrogen and oxygen atoms in total. The van der Waals surface area contributed by atoms with E-state index in [4.69, 9.17) is 9.47 Å². The van der Waals surface area contributed by atoms with Crippen LogP contribution in [0.4, 0.5) is 0 Å². The largest absolute Gasteiger partial charge is 0.507 e. The second-order valence-electron chi connectivity index (χ2n) is 13.2. The van der Waals surface area contributed by atoms with E-state index in [0.29, 0.717) is 49.7 Å². The second kappa shape index (κ2) is 13.7. The summed E-state index contributed by atoms with van der Waals surface area (Å²) in [5.74, 6) is -2.55. The normalized spacial score (nSPS) is 32.7. The summed E-state index contributed by atoms with van der Waals surface area (Å²) in [5.41, 5.74) is -0.437. The number of ether oxygens (including phenoxy) is 2. The third-order valence-corrected chi connectivity index (χ3v) is 10.7. The number of aliphatic hydroxyl groups is 2. The SMILES string of the molecule is CC[C@@H](C(=O)[C@@H](C)[C@@H](O)[C@H](C)CCc1ccc(C)c(O)c1C(=O)O)C1O[C@](CC)(C2CC[C@](O)(CC)[C@H](C)O2)C[C@@H]1C. The molecule has 1 aromatic rings. The van der Waals surface area contributed by atoms with Crippen molar-refractivity contribution in [3.8, 4) is 5.75 Å². The number of ketones is 1. The van der Waals surface area contributed by atoms with Crippen LogP contribution < -0.4 is 0 Å². The van der Waals surface area contributed by atoms with Crippen LogP contribution in [-0.4, -0.2) is 67.8 Å². The molecule has 2 unspecified atom stereocenters. The van der Waals surface area contributed by atoms with Gasteiger partial charge in [0.25, 0.3) is 0 Å². The molecule has 2 saturated heterocycles. The summed E-state index contributed by atoms with van der Waals surface area (Å²) in [5, 5.41) is 42.1. The van der Waals surface area contributed by atoms with Crippen LogP contribution in [0.5, 0.6) is 5.75 Å². The molecule has 2 fully saturated rings. The van der Waals surface area contributed by atoms with Gasteiger partial charge in [0, 0.05) is 11.8 Å². The van der Waals surface area contributed by atoms with E-state index in [1.807, 2.05) is 27.7 Å². The first-order valence-corrected chi connectivity index (χ1v) is 16.0. The van der Waals surface area contributed by atoms with Gasteiger partial charge in [-0.25, -0.2) is 4.79 Å². The number of aryl methyl sites for hydroxylation is 2. The van der Waals surface area contributed by atoms with Gasteiger partial charge in [0.15, 0.2) is 0 Å². The molecule has 238 valence electrons. The number of carboxylic acid groups (broad SMARTS) is 1. The van der Waals surface area contributed by atoms with Crippen LogP contribution in [0, 0.1) is 30.6 Å². The number of phenols is 1. The zero-order chi connectivity index (χ0) is 31.6. The topological polar surface area (TPSA) is 134 Å². The number of hydrogen-bond donors (Lipinski definition) is 4. The molecule has 3 rings (SSSR count). The maximum Gasteiger partial charge on any atom is 0.339 e. The van der Waals surface area contributed by atoms with Crippen molar-refractivity contribution in [2.45, 2.75) is 142 Å². The van der Waals surface area contributed by atoms with E-state index in [1.165, 1.54) is 0 Å². The summed E-state index contributed by atoms with van der Waals surface area (Å²) in [6, 6.07) is 3.40. The van der Waals surface area contributed by atoms with E-state index < -0.39 is 29.2 Å². The maximum atomic E-state index is 13.9. The molecular formula is C34H54O8. The van der Waals surface area contributed by atoms with Gasteiger partial charge in [-0.3, -0.25) is 4.79 Å². The molecule has 0 aromatic heterocycles. The first-order valence-electron chi connectivity index (χ1n) is 16.0. The number of aromatic carboxylic acids is 1. The molecule has 0 saturated carbocycles. The summed E-state index contributed by atoms with van der Waals surface area (Å²) in [6.45, 7) is 15.4. The lowest BCUT2D eigenvalue weighted by Crippen LogP contribution is -2.55. The van der Waals surface area contributed by atoms with E-state index in [2.05, 4.69) is 13.8 Å². The van der Waals surface area contributed by atoms with Gasteiger partial charge in [-0.15, -0.1) is 0 Å². The van der Waals surface area contributed by atoms with Crippen LogP contribution >= 0.6 is 0 Å². The Hall–Kier alpha value is -2.00. The number of benzene rings is 1. The van der Waals surface area contributed by atoms with Gasteiger partial charge >= 0.3 is 5.97 Å². The smallest absolute Gasteiger partial charge is 0.339 e. The number of rotatable bonds is 13. The Morgan fingerprint density at radius 1 is 1.12 bits per heavy atom. The number of aliphatic hydroxyl groups excluding tert-OH is 1. The third kappa shape index (κ3) is 6.72. The molecule has 2 heterocycles. The van der Waals surface area contributed by atoms with Crippen molar-refractivity contribution < 1.29 is 39.5 Å². The van der Waals surface area contributed by atoms with E-state index in [1.54, 1.807) is 26.0 Å². The van der Waals surface area contributed by atoms with Crippen molar-refractivity contribution in [2.75, 3.05) is 0 Å². The lowest BCUT2D eigenvalue weighted by Gasteiger charge is -2.47. The van der Waals surface area contributed by atoms with Crippen molar-refractivity contribution in [3.05, 3.63) is 28.8 Å². The van der Waals surface area contributed by atoms with Crippen LogP contribution in [0.2, 0.25) is 0 Å². The standard InChI is InChI=1S/C34H54O8/c1-9-25(31-21(6)18-34(11-3,42-31)26-16-17-33(40,10-2)23(8)41-26)30(37)22(7)28(35)19(4)12-14-24-15-13-20(5)29(36)27(24)32(38)39/h13,15,19,21-23,25-26,28,31,35-36,40H,9-12,14,16-18H2,1-8H3,(H,38,39)/t19-,21+,22+,23+,25+,26?,28+,31?,33-,34+/m1/s1. The fraction of sp³-hybridized carbons (Fsp3) is 0.765. The van der Waals surface area contributed by atoms with Gasteiger partial charge in [0.2, 0.25) is 0 Å². The van der Waals surface area contributed by atoms with E-state index in [9.17, 15) is 30.0 Å². The van der Waals surface area contributed by atoms with Gasteiger partial charge in [-0.2, -0.15) is 0 Å². The highest BCUT2D eigenvalue weighted by atomic mass is 16.6. The van der Waals surface area contributed by atoms with Crippen LogP contribution in [0.1, 0.15) is 115 Å². The molecule has 10 atom stereocenters. The lowest BCUT2D eigenvalue weighted by atomic mass is 9.76. The quantitative estimate of drug-likeness (QED) is 0.225. The summed E-state index contributed by atoms with van der Waals surface area (Å²) in [6.07, 6.45) is 3.34. The van der Waals surface area contributed by atoms with Gasteiger partial charge < -0.3 is 29.9 Å². The Bertz CT molecular complexity index is 1100. The predicted octanol–water partition coefficient (Wildman–Crippen LogP) is 5.84. The molecule has 2 aliphatic rings. The predicted molar refractivity (Wildman–Crippen MR) is 162 cm³/mol. The summed E-state index contributed by atoms with van der Waals surface area (Å²) in [4.78, 5) is 25.7. The van der Waals surface area contributed by atoms with Crippen molar-refractivity contribution in [1.29, 1.82) is 0 Å². The molecule has 8 heteroatoms. The highest BCUT2D eigenvalue weighted by Gasteiger charge is 2.55. The Kier molecular flexibility index (Phi) is 11.3. The van der Waals surface area contributed by atoms with E-state index in [-0.39, 0.29) is 53.2 Å². The van der Waals surface area contributed by atoms with Gasteiger partial charge in [-0.1, -0.05) is 53.7 Å². The highest BCUT2D eigenvalue weighted by molar-refractivity contribution is 5.93. The van der Waals surface area contributed by atoms with Crippen molar-refractivity contribution in [1.82, 2.24) is 0 Å². The van der Waals surface area contributed by atoms with E-state index in [0.717, 1.165) is 12.8 Å². The van der Waals surface area contributed by atoms with Crippen molar-refractivity contribution in [2.24, 2.45) is 23.7 Å². The third-order valence-electron chi connectivity index (χ3n) is 10.7. The fourth-order valence-corrected chi connectivity index (χ4v) is 7.45. The highest BCUT2D eigenvalue weighted by Crippen LogP contribution is 2.48. The second-order valence-corrected chi connectivity index (χ2v) is 13.2. The van der Waals surface area contributed by atoms with Crippen LogP contribution in [-0.2, 0) is 20.7 Å². The summed E-state index contributed by atoms with van der Waals surface area (Å²) < 4.78 is 13.2. The number of carbonyl (C=O) groups is 2. The molecule has 1 aromatic carbocycles. The minimum Gasteiger partial charge on any atom is -0.507 e. The minimum atomic E-state index is -1.18. The molecule has 0 bridgehead atoms. The molecule has 0 amide bonds. The van der Waals surface area contributed by atoms with Crippen LogP contribution in [0.3, 0.4) is 0 Å². The van der Waals surface area contributed by atoms with E-state index >= 15 is 0 Å². The minimum absolute atomic E-state index is 0.0157. The first kappa shape index (κ1) is 34.5. The number of hydrogen-bond acceptors (Lipinski definition) is 7. The Labute approximate surface area is 251 Å². The monoisotopic (exact) mass is 590 g/mol. The Morgan fingerprint density at radius 3 is 2.33 bits per heavy atom. The first-order chi connectivity index (χ1) is 19.7. The number of Topliss-reactive ketones (excluding diaryl/α,β-unsaturated/α-hetero) is 1. The van der Waals surface area contributed by atoms with Crippen molar-refractivity contribution >= 4 is 11.8 Å². The van der Waals surface area contributed by atoms with Gasteiger partial charge in [0.05, 0.1) is 35.6 Å². The fourth-order valence-electron chi connectivity index (χ4n) is 7.45. The van der Waals surface area contributed by atoms with Crippen LogP contribution in [0.25, 0.3) is 0 Å². The molecule has 0 aliphatic carbocycles. The molecule has 4 N–H and O–H groups in total. The summed E-state index contributed by atoms with van der Waals surface area (Å²) in [7, 11) is 0. The Balaban J connectivity index is 1.69. The number of carbonyl (C=O) groups excluding carboxylic acids is 1. The molecule has 0 spiro atoms. The average Bonchev–Trinajstić information content (AvgIpc) is 3.31. The Morgan fingerprint density at radius 2 is 1.79 bits per heavy atom. The summed E-state index contributed by atoms with van der Waals surface area (Å²) >= 11 is 0. The average molecular weight is 591 g/mol. The molecular weight excluding hydrogens is 536 g/mol. The van der Waals surface area contributed by atoms with Gasteiger partial charge in [-0.05, 0) is 88.2 Å². The van der Waals surface area contributed by atoms with Crippen LogP contribution in [0.15, 0.2) is 12.1 Å². The zero-order valence-corrected chi connectivity index (χ0v) is 26.9. The molecule has 2 aliphatic heterocycles. The maximum absolute atomic E-state index is 13.9. The number of carboxylic acids is 1. The lowest BCUT2D eigenvalue weighted by molar-refractivity contribution is -0.229.